The average Bonchev–Trinajstić information content (AvgIpc) is 2.25. The number of hydrogen-bond acceptors (Lipinski definition) is 1. The molecule has 1 N–H and O–H groups in total. The lowest BCUT2D eigenvalue weighted by atomic mass is 10.0. The first-order chi connectivity index (χ1) is 8.94. The number of rotatable bonds is 3. The predicted molar refractivity (Wildman–Crippen MR) is 84.4 cm³/mol. The molecule has 0 bridgehead atoms. The van der Waals surface area contributed by atoms with Gasteiger partial charge in [0.1, 0.15) is 0 Å². The van der Waals surface area contributed by atoms with Crippen molar-refractivity contribution < 1.29 is 0 Å². The molecule has 2 aromatic carbocycles. The van der Waals surface area contributed by atoms with Gasteiger partial charge in [0.15, 0.2) is 0 Å². The number of hydrogen-bond donors (Lipinski definition) is 1. The van der Waals surface area contributed by atoms with Crippen LogP contribution in [-0.4, -0.2) is 0 Å². The monoisotopic (exact) mass is 293 g/mol. The van der Waals surface area contributed by atoms with Crippen molar-refractivity contribution in [2.75, 3.05) is 5.32 Å². The van der Waals surface area contributed by atoms with Crippen molar-refractivity contribution in [2.45, 2.75) is 26.8 Å². The van der Waals surface area contributed by atoms with Gasteiger partial charge >= 0.3 is 0 Å². The van der Waals surface area contributed by atoms with Crippen molar-refractivity contribution in [1.82, 2.24) is 0 Å². The summed E-state index contributed by atoms with van der Waals surface area (Å²) >= 11 is 12.0. The summed E-state index contributed by atoms with van der Waals surface area (Å²) in [4.78, 5) is 0. The van der Waals surface area contributed by atoms with E-state index in [0.717, 1.165) is 5.69 Å². The fourth-order valence-corrected chi connectivity index (χ4v) is 2.76. The summed E-state index contributed by atoms with van der Waals surface area (Å²) in [5, 5.41) is 4.71. The summed E-state index contributed by atoms with van der Waals surface area (Å²) in [6.07, 6.45) is 0. The predicted octanol–water partition coefficient (Wildman–Crippen LogP) is 5.78. The van der Waals surface area contributed by atoms with Crippen molar-refractivity contribution >= 4 is 28.9 Å². The van der Waals surface area contributed by atoms with E-state index in [4.69, 9.17) is 23.2 Å². The summed E-state index contributed by atoms with van der Waals surface area (Å²) < 4.78 is 0. The second-order valence-corrected chi connectivity index (χ2v) is 5.82. The van der Waals surface area contributed by atoms with Crippen LogP contribution in [0.1, 0.15) is 29.7 Å². The molecule has 1 nitrogen and oxygen atoms in total. The minimum Gasteiger partial charge on any atom is -0.378 e. The number of halogens is 2. The summed E-state index contributed by atoms with van der Waals surface area (Å²) in [7, 11) is 0. The van der Waals surface area contributed by atoms with Gasteiger partial charge in [-0.05, 0) is 44.5 Å². The summed E-state index contributed by atoms with van der Waals surface area (Å²) in [5.41, 5.74) is 4.73. The molecule has 0 fully saturated rings. The topological polar surface area (TPSA) is 12.0 Å². The zero-order valence-electron chi connectivity index (χ0n) is 11.3. The van der Waals surface area contributed by atoms with E-state index in [0.29, 0.717) is 10.0 Å². The summed E-state index contributed by atoms with van der Waals surface area (Å²) in [5.74, 6) is 0. The zero-order valence-corrected chi connectivity index (χ0v) is 12.8. The first kappa shape index (κ1) is 14.2. The molecule has 0 heterocycles. The normalized spacial score (nSPS) is 12.3. The third-order valence-electron chi connectivity index (χ3n) is 2.99. The Bertz CT molecular complexity index is 553. The Hall–Kier alpha value is -1.18. The van der Waals surface area contributed by atoms with Gasteiger partial charge in [-0.1, -0.05) is 52.5 Å². The van der Waals surface area contributed by atoms with Gasteiger partial charge in [-0.3, -0.25) is 0 Å². The van der Waals surface area contributed by atoms with E-state index in [1.54, 1.807) is 6.07 Å². The van der Waals surface area contributed by atoms with E-state index < -0.39 is 0 Å². The van der Waals surface area contributed by atoms with Crippen molar-refractivity contribution in [2.24, 2.45) is 0 Å². The van der Waals surface area contributed by atoms with Crippen LogP contribution in [-0.2, 0) is 0 Å². The molecule has 3 heteroatoms. The third-order valence-corrected chi connectivity index (χ3v) is 3.43. The summed E-state index contributed by atoms with van der Waals surface area (Å²) in [6, 6.07) is 12.3. The number of anilines is 1. The molecule has 0 radical (unpaired) electrons. The lowest BCUT2D eigenvalue weighted by Crippen LogP contribution is -2.07. The van der Waals surface area contributed by atoms with Gasteiger partial charge in [-0.2, -0.15) is 0 Å². The van der Waals surface area contributed by atoms with E-state index in [1.807, 2.05) is 12.1 Å². The van der Waals surface area contributed by atoms with Gasteiger partial charge in [0.2, 0.25) is 0 Å². The maximum absolute atomic E-state index is 6.01. The molecule has 0 spiro atoms. The van der Waals surface area contributed by atoms with E-state index in [9.17, 15) is 0 Å². The molecule has 0 amide bonds. The minimum atomic E-state index is 0.202. The second-order valence-electron chi connectivity index (χ2n) is 4.95. The van der Waals surface area contributed by atoms with E-state index >= 15 is 0 Å². The molecule has 2 aromatic rings. The van der Waals surface area contributed by atoms with Gasteiger partial charge in [0, 0.05) is 21.8 Å². The molecular formula is C16H17Cl2N. The Morgan fingerprint density at radius 1 is 0.842 bits per heavy atom. The molecule has 0 aromatic heterocycles. The number of nitrogens with one attached hydrogen (secondary N) is 1. The van der Waals surface area contributed by atoms with Crippen LogP contribution in [0.4, 0.5) is 5.69 Å². The summed E-state index contributed by atoms with van der Waals surface area (Å²) in [6.45, 7) is 6.35. The lowest BCUT2D eigenvalue weighted by Gasteiger charge is -2.17. The highest BCUT2D eigenvalue weighted by molar-refractivity contribution is 6.35. The molecule has 0 aliphatic rings. The Balaban J connectivity index is 2.22. The quantitative estimate of drug-likeness (QED) is 0.756. The fourth-order valence-electron chi connectivity index (χ4n) is 2.23. The molecule has 0 saturated heterocycles. The molecule has 0 aliphatic carbocycles. The van der Waals surface area contributed by atoms with Crippen LogP contribution in [0.5, 0.6) is 0 Å². The Morgan fingerprint density at radius 3 is 1.89 bits per heavy atom. The molecule has 0 aliphatic heterocycles. The van der Waals surface area contributed by atoms with Gasteiger partial charge in [0.05, 0.1) is 0 Å². The first-order valence-electron chi connectivity index (χ1n) is 6.25. The number of aryl methyl sites for hydroxylation is 2. The van der Waals surface area contributed by atoms with Crippen LogP contribution in [0, 0.1) is 13.8 Å². The average molecular weight is 294 g/mol. The first-order valence-corrected chi connectivity index (χ1v) is 7.00. The highest BCUT2D eigenvalue weighted by Gasteiger charge is 2.07. The molecular weight excluding hydrogens is 277 g/mol. The van der Waals surface area contributed by atoms with Crippen LogP contribution in [0.15, 0.2) is 36.4 Å². The van der Waals surface area contributed by atoms with Crippen LogP contribution >= 0.6 is 23.2 Å². The standard InChI is InChI=1S/C16H17Cl2N/c1-10-4-11(2)6-13(5-10)12(3)19-16-8-14(17)7-15(18)9-16/h4-9,12,19H,1-3H3. The van der Waals surface area contributed by atoms with E-state index in [-0.39, 0.29) is 6.04 Å². The van der Waals surface area contributed by atoms with Crippen LogP contribution in [0.2, 0.25) is 10.0 Å². The van der Waals surface area contributed by atoms with E-state index in [1.165, 1.54) is 16.7 Å². The highest BCUT2D eigenvalue weighted by atomic mass is 35.5. The van der Waals surface area contributed by atoms with Gasteiger partial charge in [-0.15, -0.1) is 0 Å². The Morgan fingerprint density at radius 2 is 1.37 bits per heavy atom. The molecule has 19 heavy (non-hydrogen) atoms. The number of benzene rings is 2. The smallest absolute Gasteiger partial charge is 0.0485 e. The van der Waals surface area contributed by atoms with Crippen molar-refractivity contribution in [3.63, 3.8) is 0 Å². The largest absolute Gasteiger partial charge is 0.378 e. The van der Waals surface area contributed by atoms with Crippen LogP contribution in [0.25, 0.3) is 0 Å². The molecule has 1 atom stereocenters. The lowest BCUT2D eigenvalue weighted by molar-refractivity contribution is 0.881. The van der Waals surface area contributed by atoms with E-state index in [2.05, 4.69) is 44.3 Å². The molecule has 0 saturated carbocycles. The Labute approximate surface area is 124 Å². The molecule has 100 valence electrons. The maximum atomic E-state index is 6.01. The highest BCUT2D eigenvalue weighted by Crippen LogP contribution is 2.26. The van der Waals surface area contributed by atoms with Gasteiger partial charge in [-0.25, -0.2) is 0 Å². The van der Waals surface area contributed by atoms with Crippen molar-refractivity contribution in [1.29, 1.82) is 0 Å². The fraction of sp³-hybridized carbons (Fsp3) is 0.250. The SMILES string of the molecule is Cc1cc(C)cc(C(C)Nc2cc(Cl)cc(Cl)c2)c1. The van der Waals surface area contributed by atoms with Crippen LogP contribution < -0.4 is 5.32 Å². The molecule has 1 unspecified atom stereocenters. The van der Waals surface area contributed by atoms with Gasteiger partial charge < -0.3 is 5.32 Å². The molecule has 2 rings (SSSR count). The minimum absolute atomic E-state index is 0.202. The zero-order chi connectivity index (χ0) is 14.0. The van der Waals surface area contributed by atoms with Gasteiger partial charge in [0.25, 0.3) is 0 Å². The maximum Gasteiger partial charge on any atom is 0.0485 e. The van der Waals surface area contributed by atoms with Crippen molar-refractivity contribution in [3.05, 3.63) is 63.1 Å². The second kappa shape index (κ2) is 5.85. The van der Waals surface area contributed by atoms with Crippen molar-refractivity contribution in [3.8, 4) is 0 Å². The Kier molecular flexibility index (Phi) is 4.38. The van der Waals surface area contributed by atoms with Crippen LogP contribution in [0.3, 0.4) is 0 Å². The third kappa shape index (κ3) is 3.89.